The van der Waals surface area contributed by atoms with Gasteiger partial charge in [-0.1, -0.05) is 0 Å². The smallest absolute Gasteiger partial charge is 0.273 e. The molecule has 8 heteroatoms. The quantitative estimate of drug-likeness (QED) is 0.868. The minimum Gasteiger partial charge on any atom is -0.447 e. The number of hydrogen-bond donors (Lipinski definition) is 2. The Kier molecular flexibility index (Phi) is 3.25. The predicted molar refractivity (Wildman–Crippen MR) is 74.9 cm³/mol. The Bertz CT molecular complexity index is 627. The molecule has 1 aliphatic heterocycles. The monoisotopic (exact) mass is 327 g/mol. The van der Waals surface area contributed by atoms with Gasteiger partial charge in [0.1, 0.15) is 6.26 Å². The zero-order chi connectivity index (χ0) is 16.2. The van der Waals surface area contributed by atoms with E-state index in [1.54, 1.807) is 0 Å². The molecular formula is C15H19F2N3O3. The molecule has 2 saturated carbocycles. The SMILES string of the molecule is O=C(NC1CC2(C1)CC2(F)F)c1coc(CN2CC[C@H](O)C2)n1. The number of β-amino-alcohol motifs (C(OH)–C–C–N with tert-alkyl or cyclic N) is 1. The molecule has 1 amide bonds. The molecule has 0 bridgehead atoms. The Morgan fingerprint density at radius 2 is 2.26 bits per heavy atom. The number of aromatic nitrogens is 1. The highest BCUT2D eigenvalue weighted by Gasteiger charge is 2.75. The number of aliphatic hydroxyl groups excluding tert-OH is 1. The van der Waals surface area contributed by atoms with E-state index in [0.29, 0.717) is 31.8 Å². The van der Waals surface area contributed by atoms with Crippen LogP contribution in [0, 0.1) is 5.41 Å². The molecule has 3 aliphatic rings. The number of nitrogens with zero attached hydrogens (tertiary/aromatic N) is 2. The molecule has 1 aromatic rings. The second-order valence-electron chi connectivity index (χ2n) is 7.04. The number of amides is 1. The second kappa shape index (κ2) is 4.98. The van der Waals surface area contributed by atoms with Crippen molar-refractivity contribution >= 4 is 5.91 Å². The third-order valence-electron chi connectivity index (χ3n) is 5.21. The molecule has 4 rings (SSSR count). The van der Waals surface area contributed by atoms with Crippen LogP contribution in [0.2, 0.25) is 0 Å². The number of nitrogens with one attached hydrogen (secondary N) is 1. The Labute approximate surface area is 131 Å². The first-order valence-corrected chi connectivity index (χ1v) is 7.90. The van der Waals surface area contributed by atoms with Crippen LogP contribution in [0.3, 0.4) is 0 Å². The molecule has 2 heterocycles. The summed E-state index contributed by atoms with van der Waals surface area (Å²) in [6.45, 7) is 1.79. The molecular weight excluding hydrogens is 308 g/mol. The van der Waals surface area contributed by atoms with Crippen molar-refractivity contribution < 1.29 is 23.1 Å². The highest BCUT2D eigenvalue weighted by Crippen LogP contribution is 2.70. The van der Waals surface area contributed by atoms with E-state index in [2.05, 4.69) is 10.3 Å². The van der Waals surface area contributed by atoms with Crippen LogP contribution in [0.1, 0.15) is 42.1 Å². The first kappa shape index (κ1) is 15.0. The lowest BCUT2D eigenvalue weighted by Crippen LogP contribution is -2.47. The van der Waals surface area contributed by atoms with Gasteiger partial charge in [0.15, 0.2) is 5.69 Å². The summed E-state index contributed by atoms with van der Waals surface area (Å²) in [6, 6.07) is -0.204. The van der Waals surface area contributed by atoms with Gasteiger partial charge in [-0.25, -0.2) is 13.8 Å². The van der Waals surface area contributed by atoms with Crippen molar-refractivity contribution in [2.45, 2.75) is 50.3 Å². The van der Waals surface area contributed by atoms with Gasteiger partial charge in [0.25, 0.3) is 11.8 Å². The summed E-state index contributed by atoms with van der Waals surface area (Å²) >= 11 is 0. The average molecular weight is 327 g/mol. The summed E-state index contributed by atoms with van der Waals surface area (Å²) in [6.07, 6.45) is 2.31. The molecule has 0 radical (unpaired) electrons. The number of carbonyl (C=O) groups is 1. The molecule has 6 nitrogen and oxygen atoms in total. The Balaban J connectivity index is 1.28. The van der Waals surface area contributed by atoms with Gasteiger partial charge in [0.2, 0.25) is 5.89 Å². The molecule has 1 atom stereocenters. The predicted octanol–water partition coefficient (Wildman–Crippen LogP) is 1.16. The number of carbonyl (C=O) groups excluding carboxylic acids is 1. The van der Waals surface area contributed by atoms with Crippen LogP contribution in [-0.4, -0.2) is 52.1 Å². The van der Waals surface area contributed by atoms with E-state index in [1.165, 1.54) is 6.26 Å². The van der Waals surface area contributed by atoms with E-state index in [9.17, 15) is 18.7 Å². The lowest BCUT2D eigenvalue weighted by atomic mass is 9.76. The van der Waals surface area contributed by atoms with E-state index in [1.807, 2.05) is 4.90 Å². The highest BCUT2D eigenvalue weighted by atomic mass is 19.3. The van der Waals surface area contributed by atoms with Gasteiger partial charge in [-0.3, -0.25) is 9.69 Å². The lowest BCUT2D eigenvalue weighted by Gasteiger charge is -2.36. The summed E-state index contributed by atoms with van der Waals surface area (Å²) in [5.41, 5.74) is -0.681. The van der Waals surface area contributed by atoms with Gasteiger partial charge in [-0.15, -0.1) is 0 Å². The first-order valence-electron chi connectivity index (χ1n) is 7.90. The number of halogens is 2. The topological polar surface area (TPSA) is 78.6 Å². The number of oxazole rings is 1. The molecule has 2 aliphatic carbocycles. The zero-order valence-corrected chi connectivity index (χ0v) is 12.6. The molecule has 126 valence electrons. The van der Waals surface area contributed by atoms with Gasteiger partial charge in [0.05, 0.1) is 12.6 Å². The van der Waals surface area contributed by atoms with Gasteiger partial charge in [0, 0.05) is 31.0 Å². The van der Waals surface area contributed by atoms with E-state index in [4.69, 9.17) is 4.42 Å². The maximum atomic E-state index is 13.1. The van der Waals surface area contributed by atoms with Crippen molar-refractivity contribution in [3.8, 4) is 0 Å². The normalized spacial score (nSPS) is 35.3. The van der Waals surface area contributed by atoms with Crippen molar-refractivity contribution in [2.24, 2.45) is 5.41 Å². The maximum Gasteiger partial charge on any atom is 0.273 e. The molecule has 1 aromatic heterocycles. The van der Waals surface area contributed by atoms with E-state index in [-0.39, 0.29) is 30.2 Å². The summed E-state index contributed by atoms with van der Waals surface area (Å²) in [4.78, 5) is 18.2. The van der Waals surface area contributed by atoms with Crippen molar-refractivity contribution in [2.75, 3.05) is 13.1 Å². The lowest BCUT2D eigenvalue weighted by molar-refractivity contribution is 0.0140. The number of aliphatic hydroxyl groups is 1. The molecule has 2 N–H and O–H groups in total. The fourth-order valence-electron chi connectivity index (χ4n) is 3.70. The Morgan fingerprint density at radius 3 is 2.87 bits per heavy atom. The van der Waals surface area contributed by atoms with Crippen LogP contribution in [0.5, 0.6) is 0 Å². The zero-order valence-electron chi connectivity index (χ0n) is 12.6. The maximum absolute atomic E-state index is 13.1. The summed E-state index contributed by atoms with van der Waals surface area (Å²) in [5, 5.41) is 12.2. The standard InChI is InChI=1S/C15H19F2N3O3/c16-15(17)8-14(15)3-9(4-14)18-13(22)11-7-23-12(19-11)6-20-2-1-10(21)5-20/h7,9-10,21H,1-6,8H2,(H,18,22)/t9?,10-,14?/m0/s1. The van der Waals surface area contributed by atoms with Crippen LogP contribution < -0.4 is 5.32 Å². The van der Waals surface area contributed by atoms with Crippen molar-refractivity contribution in [3.63, 3.8) is 0 Å². The highest BCUT2D eigenvalue weighted by molar-refractivity contribution is 5.92. The van der Waals surface area contributed by atoms with Crippen LogP contribution in [0.15, 0.2) is 10.7 Å². The van der Waals surface area contributed by atoms with Crippen LogP contribution in [0.25, 0.3) is 0 Å². The van der Waals surface area contributed by atoms with Gasteiger partial charge in [-0.05, 0) is 19.3 Å². The Morgan fingerprint density at radius 1 is 1.52 bits per heavy atom. The van der Waals surface area contributed by atoms with Crippen molar-refractivity contribution in [3.05, 3.63) is 17.8 Å². The number of rotatable bonds is 4. The van der Waals surface area contributed by atoms with Crippen molar-refractivity contribution in [1.82, 2.24) is 15.2 Å². The molecule has 1 spiro atoms. The minimum atomic E-state index is -2.55. The van der Waals surface area contributed by atoms with Gasteiger partial charge < -0.3 is 14.8 Å². The fraction of sp³-hybridized carbons (Fsp3) is 0.733. The van der Waals surface area contributed by atoms with E-state index in [0.717, 1.165) is 13.0 Å². The number of likely N-dealkylation sites (tertiary alicyclic amines) is 1. The van der Waals surface area contributed by atoms with E-state index >= 15 is 0 Å². The van der Waals surface area contributed by atoms with Crippen LogP contribution in [-0.2, 0) is 6.54 Å². The third-order valence-corrected chi connectivity index (χ3v) is 5.21. The van der Waals surface area contributed by atoms with Gasteiger partial charge in [-0.2, -0.15) is 0 Å². The molecule has 3 fully saturated rings. The molecule has 1 saturated heterocycles. The molecule has 0 aromatic carbocycles. The van der Waals surface area contributed by atoms with Gasteiger partial charge >= 0.3 is 0 Å². The van der Waals surface area contributed by atoms with Crippen molar-refractivity contribution in [1.29, 1.82) is 0 Å². The average Bonchev–Trinajstić information content (AvgIpc) is 2.85. The molecule has 23 heavy (non-hydrogen) atoms. The third kappa shape index (κ3) is 2.63. The molecule has 0 unspecified atom stereocenters. The van der Waals surface area contributed by atoms with E-state index < -0.39 is 11.3 Å². The summed E-state index contributed by atoms with van der Waals surface area (Å²) in [5.74, 6) is -2.51. The first-order chi connectivity index (χ1) is 10.9. The van der Waals surface area contributed by atoms with Crippen LogP contribution in [0.4, 0.5) is 8.78 Å². The fourth-order valence-corrected chi connectivity index (χ4v) is 3.70. The Hall–Kier alpha value is -1.54. The number of hydrogen-bond acceptors (Lipinski definition) is 5. The van der Waals surface area contributed by atoms with Crippen LogP contribution >= 0.6 is 0 Å². The number of alkyl halides is 2. The second-order valence-corrected chi connectivity index (χ2v) is 7.04. The summed E-state index contributed by atoms with van der Waals surface area (Å²) in [7, 11) is 0. The largest absolute Gasteiger partial charge is 0.447 e. The summed E-state index contributed by atoms with van der Waals surface area (Å²) < 4.78 is 31.5. The minimum absolute atomic E-state index is 0.0534.